The summed E-state index contributed by atoms with van der Waals surface area (Å²) in [5, 5.41) is 12.9. The third kappa shape index (κ3) is 4.46. The van der Waals surface area contributed by atoms with E-state index in [0.29, 0.717) is 23.8 Å². The lowest BCUT2D eigenvalue weighted by Crippen LogP contribution is -2.37. The van der Waals surface area contributed by atoms with Crippen LogP contribution in [0.15, 0.2) is 54.7 Å². The number of hydrogen-bond acceptors (Lipinski definition) is 3. The van der Waals surface area contributed by atoms with E-state index >= 15 is 0 Å². The summed E-state index contributed by atoms with van der Waals surface area (Å²) in [6, 6.07) is 15.9. The lowest BCUT2D eigenvalue weighted by atomic mass is 9.96. The summed E-state index contributed by atoms with van der Waals surface area (Å²) in [5.74, 6) is 0.705. The van der Waals surface area contributed by atoms with Crippen LogP contribution in [-0.2, 0) is 6.54 Å². The predicted octanol–water partition coefficient (Wildman–Crippen LogP) is 4.62. The highest BCUT2D eigenvalue weighted by atomic mass is 35.5. The van der Waals surface area contributed by atoms with Crippen LogP contribution in [0.4, 0.5) is 0 Å². The standard InChI is InChI=1S/C22H25ClN2O2/c23-18-5-2-6-19(14-18)27-16-22(26)9-3-12-25(13-10-22)15-17-4-1-7-21-20(17)8-11-24-21/h1-2,4-8,11,14,24,26H,3,9-10,12-13,15-16H2. The molecule has 0 bridgehead atoms. The van der Waals surface area contributed by atoms with Crippen molar-refractivity contribution >= 4 is 22.5 Å². The molecule has 1 aliphatic heterocycles. The topological polar surface area (TPSA) is 48.5 Å². The molecule has 0 amide bonds. The van der Waals surface area contributed by atoms with E-state index in [-0.39, 0.29) is 0 Å². The molecule has 2 N–H and O–H groups in total. The third-order valence-corrected chi connectivity index (χ3v) is 5.63. The Morgan fingerprint density at radius 2 is 2.00 bits per heavy atom. The van der Waals surface area contributed by atoms with Crippen LogP contribution < -0.4 is 4.74 Å². The Balaban J connectivity index is 1.37. The Hall–Kier alpha value is -2.01. The van der Waals surface area contributed by atoms with Gasteiger partial charge in [0.1, 0.15) is 12.4 Å². The Bertz CT molecular complexity index is 910. The van der Waals surface area contributed by atoms with Crippen molar-refractivity contribution in [2.45, 2.75) is 31.4 Å². The zero-order chi connectivity index (χ0) is 18.7. The van der Waals surface area contributed by atoms with Crippen molar-refractivity contribution in [1.29, 1.82) is 0 Å². The first kappa shape index (κ1) is 18.4. The molecule has 1 aromatic heterocycles. The van der Waals surface area contributed by atoms with Gasteiger partial charge < -0.3 is 14.8 Å². The fourth-order valence-corrected chi connectivity index (χ4v) is 4.02. The maximum absolute atomic E-state index is 11.0. The normalized spacial score (nSPS) is 21.3. The number of aliphatic hydroxyl groups is 1. The summed E-state index contributed by atoms with van der Waals surface area (Å²) in [6.07, 6.45) is 4.40. The van der Waals surface area contributed by atoms with Crippen LogP contribution in [0.3, 0.4) is 0 Å². The number of rotatable bonds is 5. The van der Waals surface area contributed by atoms with E-state index < -0.39 is 5.60 Å². The van der Waals surface area contributed by atoms with Gasteiger partial charge in [0.15, 0.2) is 0 Å². The molecule has 142 valence electrons. The van der Waals surface area contributed by atoms with E-state index in [1.165, 1.54) is 16.5 Å². The minimum absolute atomic E-state index is 0.300. The average molecular weight is 385 g/mol. The van der Waals surface area contributed by atoms with Gasteiger partial charge in [0.05, 0.1) is 5.60 Å². The number of fused-ring (bicyclic) bond motifs is 1. The number of benzene rings is 2. The molecular weight excluding hydrogens is 360 g/mol. The van der Waals surface area contributed by atoms with Gasteiger partial charge in [-0.25, -0.2) is 0 Å². The second-order valence-electron chi connectivity index (χ2n) is 7.46. The van der Waals surface area contributed by atoms with Gasteiger partial charge in [0.25, 0.3) is 0 Å². The first-order valence-corrected chi connectivity index (χ1v) is 9.87. The summed E-state index contributed by atoms with van der Waals surface area (Å²) in [6.45, 7) is 3.05. The summed E-state index contributed by atoms with van der Waals surface area (Å²) in [5.41, 5.74) is 1.71. The SMILES string of the molecule is OC1(COc2cccc(Cl)c2)CCCN(Cc2cccc3[nH]ccc23)CC1. The Morgan fingerprint density at radius 1 is 1.11 bits per heavy atom. The molecule has 2 heterocycles. The molecule has 1 saturated heterocycles. The number of likely N-dealkylation sites (tertiary alicyclic amines) is 1. The molecule has 2 aromatic carbocycles. The molecule has 0 aliphatic carbocycles. The number of nitrogens with zero attached hydrogens (tertiary/aromatic N) is 1. The Morgan fingerprint density at radius 3 is 2.89 bits per heavy atom. The van der Waals surface area contributed by atoms with E-state index in [1.807, 2.05) is 24.4 Å². The number of halogens is 1. The van der Waals surface area contributed by atoms with Crippen LogP contribution in [-0.4, -0.2) is 40.3 Å². The first-order chi connectivity index (χ1) is 13.1. The number of H-pyrrole nitrogens is 1. The number of nitrogens with one attached hydrogen (secondary N) is 1. The largest absolute Gasteiger partial charge is 0.491 e. The quantitative estimate of drug-likeness (QED) is 0.674. The fraction of sp³-hybridized carbons (Fsp3) is 0.364. The lowest BCUT2D eigenvalue weighted by Gasteiger charge is -2.27. The molecule has 0 spiro atoms. The molecule has 0 saturated carbocycles. The monoisotopic (exact) mass is 384 g/mol. The molecule has 1 aliphatic rings. The van der Waals surface area contributed by atoms with Gasteiger partial charge in [0.2, 0.25) is 0 Å². The second kappa shape index (κ2) is 7.93. The third-order valence-electron chi connectivity index (χ3n) is 5.39. The highest BCUT2D eigenvalue weighted by Crippen LogP contribution is 2.27. The number of ether oxygens (including phenoxy) is 1. The van der Waals surface area contributed by atoms with Crippen molar-refractivity contribution in [2.75, 3.05) is 19.7 Å². The fourth-order valence-electron chi connectivity index (χ4n) is 3.84. The number of aromatic amines is 1. The van der Waals surface area contributed by atoms with Crippen LogP contribution in [0, 0.1) is 0 Å². The van der Waals surface area contributed by atoms with Crippen LogP contribution in [0.1, 0.15) is 24.8 Å². The van der Waals surface area contributed by atoms with Gasteiger partial charge in [0, 0.05) is 35.2 Å². The first-order valence-electron chi connectivity index (χ1n) is 9.49. The van der Waals surface area contributed by atoms with Gasteiger partial charge in [-0.15, -0.1) is 0 Å². The van der Waals surface area contributed by atoms with Crippen molar-refractivity contribution in [3.05, 3.63) is 65.3 Å². The van der Waals surface area contributed by atoms with Crippen LogP contribution in [0.25, 0.3) is 10.9 Å². The molecular formula is C22H25ClN2O2. The van der Waals surface area contributed by atoms with Crippen molar-refractivity contribution in [1.82, 2.24) is 9.88 Å². The van der Waals surface area contributed by atoms with Gasteiger partial charge in [-0.05, 0) is 61.7 Å². The van der Waals surface area contributed by atoms with E-state index in [9.17, 15) is 5.11 Å². The molecule has 5 heteroatoms. The molecule has 1 atom stereocenters. The van der Waals surface area contributed by atoms with E-state index in [1.54, 1.807) is 6.07 Å². The van der Waals surface area contributed by atoms with E-state index in [0.717, 1.165) is 32.5 Å². The summed E-state index contributed by atoms with van der Waals surface area (Å²) in [4.78, 5) is 5.70. The average Bonchev–Trinajstić information content (AvgIpc) is 3.07. The molecule has 4 rings (SSSR count). The van der Waals surface area contributed by atoms with Gasteiger partial charge in [-0.3, -0.25) is 4.90 Å². The van der Waals surface area contributed by atoms with Crippen molar-refractivity contribution < 1.29 is 9.84 Å². The minimum atomic E-state index is -0.794. The van der Waals surface area contributed by atoms with Crippen LogP contribution in [0.2, 0.25) is 5.02 Å². The molecule has 4 nitrogen and oxygen atoms in total. The smallest absolute Gasteiger partial charge is 0.120 e. The maximum atomic E-state index is 11.0. The minimum Gasteiger partial charge on any atom is -0.491 e. The Labute approximate surface area is 164 Å². The number of aromatic nitrogens is 1. The molecule has 1 fully saturated rings. The molecule has 3 aromatic rings. The Kier molecular flexibility index (Phi) is 5.39. The van der Waals surface area contributed by atoms with Crippen molar-refractivity contribution in [3.8, 4) is 5.75 Å². The van der Waals surface area contributed by atoms with Gasteiger partial charge >= 0.3 is 0 Å². The van der Waals surface area contributed by atoms with Crippen LogP contribution >= 0.6 is 11.6 Å². The molecule has 0 radical (unpaired) electrons. The molecule has 1 unspecified atom stereocenters. The zero-order valence-corrected chi connectivity index (χ0v) is 16.1. The summed E-state index contributed by atoms with van der Waals surface area (Å²) < 4.78 is 5.83. The summed E-state index contributed by atoms with van der Waals surface area (Å²) in [7, 11) is 0. The zero-order valence-electron chi connectivity index (χ0n) is 15.3. The second-order valence-corrected chi connectivity index (χ2v) is 7.89. The number of hydrogen-bond donors (Lipinski definition) is 2. The van der Waals surface area contributed by atoms with Crippen molar-refractivity contribution in [2.24, 2.45) is 0 Å². The lowest BCUT2D eigenvalue weighted by molar-refractivity contribution is -0.0168. The highest BCUT2D eigenvalue weighted by Gasteiger charge is 2.31. The maximum Gasteiger partial charge on any atom is 0.120 e. The van der Waals surface area contributed by atoms with Crippen molar-refractivity contribution in [3.63, 3.8) is 0 Å². The highest BCUT2D eigenvalue weighted by molar-refractivity contribution is 6.30. The van der Waals surface area contributed by atoms with E-state index in [4.69, 9.17) is 16.3 Å². The summed E-state index contributed by atoms with van der Waals surface area (Å²) >= 11 is 6.01. The molecule has 27 heavy (non-hydrogen) atoms. The van der Waals surface area contributed by atoms with Crippen LogP contribution in [0.5, 0.6) is 5.75 Å². The van der Waals surface area contributed by atoms with E-state index in [2.05, 4.69) is 34.1 Å². The predicted molar refractivity (Wildman–Crippen MR) is 109 cm³/mol. The van der Waals surface area contributed by atoms with Gasteiger partial charge in [-0.1, -0.05) is 29.8 Å². The van der Waals surface area contributed by atoms with Gasteiger partial charge in [-0.2, -0.15) is 0 Å².